The number of hydrogen-bond acceptors (Lipinski definition) is 2. The maximum absolute atomic E-state index is 10.9. The van der Waals surface area contributed by atoms with Crippen LogP contribution < -0.4 is 5.73 Å². The van der Waals surface area contributed by atoms with Crippen LogP contribution in [0.1, 0.15) is 15.9 Å². The molecule has 2 aromatic rings. The molecule has 0 saturated carbocycles. The maximum Gasteiger partial charge on any atom is 0.248 e. The Balaban J connectivity index is 1.97. The second-order valence-corrected chi connectivity index (χ2v) is 5.29. The van der Waals surface area contributed by atoms with Gasteiger partial charge in [-0.25, -0.2) is 0 Å². The minimum atomic E-state index is -0.396. The molecule has 0 fully saturated rings. The molecule has 0 aliphatic heterocycles. The Bertz CT molecular complexity index is 537. The van der Waals surface area contributed by atoms with E-state index in [4.69, 9.17) is 17.3 Å². The normalized spacial score (nSPS) is 10.3. The van der Waals surface area contributed by atoms with Gasteiger partial charge in [-0.3, -0.25) is 4.79 Å². The van der Waals surface area contributed by atoms with Crippen LogP contribution in [0, 0.1) is 0 Å². The first-order chi connectivity index (χ1) is 8.65. The van der Waals surface area contributed by atoms with Crippen LogP contribution in [0.15, 0.2) is 53.4 Å². The number of primary amides is 1. The van der Waals surface area contributed by atoms with Gasteiger partial charge in [0, 0.05) is 21.2 Å². The molecule has 18 heavy (non-hydrogen) atoms. The fourth-order valence-electron chi connectivity index (χ4n) is 1.46. The third-order valence-electron chi connectivity index (χ3n) is 2.46. The van der Waals surface area contributed by atoms with E-state index in [1.807, 2.05) is 36.4 Å². The number of benzene rings is 2. The van der Waals surface area contributed by atoms with E-state index in [1.54, 1.807) is 23.9 Å². The van der Waals surface area contributed by atoms with E-state index < -0.39 is 5.91 Å². The van der Waals surface area contributed by atoms with Crippen molar-refractivity contribution in [1.82, 2.24) is 0 Å². The number of amides is 1. The second-order valence-electron chi connectivity index (χ2n) is 3.80. The minimum absolute atomic E-state index is 0.396. The molecule has 0 spiro atoms. The van der Waals surface area contributed by atoms with Crippen molar-refractivity contribution in [2.75, 3.05) is 0 Å². The molecule has 0 unspecified atom stereocenters. The van der Waals surface area contributed by atoms with Crippen LogP contribution >= 0.6 is 23.4 Å². The second kappa shape index (κ2) is 5.94. The lowest BCUT2D eigenvalue weighted by Crippen LogP contribution is -2.10. The van der Waals surface area contributed by atoms with Crippen LogP contribution in [-0.4, -0.2) is 5.91 Å². The van der Waals surface area contributed by atoms with Gasteiger partial charge in [-0.05, 0) is 42.0 Å². The Morgan fingerprint density at radius 1 is 1.06 bits per heavy atom. The maximum atomic E-state index is 10.9. The first-order valence-electron chi connectivity index (χ1n) is 5.42. The molecule has 0 aliphatic carbocycles. The van der Waals surface area contributed by atoms with E-state index in [0.29, 0.717) is 5.56 Å². The average Bonchev–Trinajstić information content (AvgIpc) is 2.38. The standard InChI is InChI=1S/C14H12ClNOS/c15-12-5-7-13(8-6-12)18-9-10-1-3-11(4-2-10)14(16)17/h1-8H,9H2,(H2,16,17). The molecule has 2 rings (SSSR count). The van der Waals surface area contributed by atoms with E-state index in [0.717, 1.165) is 16.3 Å². The predicted octanol–water partition coefficient (Wildman–Crippen LogP) is 3.73. The number of nitrogens with two attached hydrogens (primary N) is 1. The van der Waals surface area contributed by atoms with Gasteiger partial charge in [0.1, 0.15) is 0 Å². The van der Waals surface area contributed by atoms with Crippen molar-refractivity contribution in [3.8, 4) is 0 Å². The molecule has 2 N–H and O–H groups in total. The van der Waals surface area contributed by atoms with Crippen molar-refractivity contribution in [2.45, 2.75) is 10.6 Å². The highest BCUT2D eigenvalue weighted by atomic mass is 35.5. The molecule has 0 heterocycles. The zero-order chi connectivity index (χ0) is 13.0. The lowest BCUT2D eigenvalue weighted by Gasteiger charge is -2.03. The molecule has 0 atom stereocenters. The first-order valence-corrected chi connectivity index (χ1v) is 6.78. The fraction of sp³-hybridized carbons (Fsp3) is 0.0714. The smallest absolute Gasteiger partial charge is 0.248 e. The number of carbonyl (C=O) groups excluding carboxylic acids is 1. The molecular weight excluding hydrogens is 266 g/mol. The highest BCUT2D eigenvalue weighted by Crippen LogP contribution is 2.24. The van der Waals surface area contributed by atoms with E-state index in [-0.39, 0.29) is 0 Å². The van der Waals surface area contributed by atoms with Crippen molar-refractivity contribution >= 4 is 29.3 Å². The zero-order valence-electron chi connectivity index (χ0n) is 9.60. The van der Waals surface area contributed by atoms with Gasteiger partial charge in [0.25, 0.3) is 0 Å². The number of thioether (sulfide) groups is 1. The SMILES string of the molecule is NC(=O)c1ccc(CSc2ccc(Cl)cc2)cc1. The quantitative estimate of drug-likeness (QED) is 0.866. The summed E-state index contributed by atoms with van der Waals surface area (Å²) in [6, 6.07) is 15.1. The summed E-state index contributed by atoms with van der Waals surface area (Å²) in [6.45, 7) is 0. The summed E-state index contributed by atoms with van der Waals surface area (Å²) >= 11 is 7.54. The summed E-state index contributed by atoms with van der Waals surface area (Å²) in [5.41, 5.74) is 6.88. The van der Waals surface area contributed by atoms with E-state index in [9.17, 15) is 4.79 Å². The van der Waals surface area contributed by atoms with Crippen LogP contribution in [0.4, 0.5) is 0 Å². The van der Waals surface area contributed by atoms with Crippen molar-refractivity contribution in [1.29, 1.82) is 0 Å². The molecule has 1 amide bonds. The van der Waals surface area contributed by atoms with Crippen LogP contribution in [0.25, 0.3) is 0 Å². The van der Waals surface area contributed by atoms with Gasteiger partial charge < -0.3 is 5.73 Å². The summed E-state index contributed by atoms with van der Waals surface area (Å²) in [7, 11) is 0. The Hall–Kier alpha value is -1.45. The van der Waals surface area contributed by atoms with Crippen molar-refractivity contribution in [3.63, 3.8) is 0 Å². The van der Waals surface area contributed by atoms with E-state index >= 15 is 0 Å². The molecule has 2 nitrogen and oxygen atoms in total. The third-order valence-corrected chi connectivity index (χ3v) is 3.79. The highest BCUT2D eigenvalue weighted by molar-refractivity contribution is 7.98. The first kappa shape index (κ1) is 13.0. The molecule has 0 saturated heterocycles. The number of rotatable bonds is 4. The van der Waals surface area contributed by atoms with Crippen molar-refractivity contribution in [3.05, 3.63) is 64.7 Å². The Morgan fingerprint density at radius 3 is 2.22 bits per heavy atom. The van der Waals surface area contributed by atoms with Crippen LogP contribution in [0.5, 0.6) is 0 Å². The fourth-order valence-corrected chi connectivity index (χ4v) is 2.44. The van der Waals surface area contributed by atoms with Gasteiger partial charge in [0.05, 0.1) is 0 Å². The summed E-state index contributed by atoms with van der Waals surface area (Å²) in [6.07, 6.45) is 0. The molecule has 92 valence electrons. The molecule has 0 bridgehead atoms. The number of halogens is 1. The van der Waals surface area contributed by atoms with Gasteiger partial charge >= 0.3 is 0 Å². The van der Waals surface area contributed by atoms with Gasteiger partial charge in [-0.15, -0.1) is 11.8 Å². The van der Waals surface area contributed by atoms with E-state index in [2.05, 4.69) is 0 Å². The van der Waals surface area contributed by atoms with Crippen molar-refractivity contribution in [2.24, 2.45) is 5.73 Å². The number of hydrogen-bond donors (Lipinski definition) is 1. The molecule has 0 aliphatic rings. The van der Waals surface area contributed by atoms with Gasteiger partial charge in [0.2, 0.25) is 5.91 Å². The summed E-state index contributed by atoms with van der Waals surface area (Å²) in [5.74, 6) is 0.452. The molecule has 0 radical (unpaired) electrons. The third kappa shape index (κ3) is 3.52. The lowest BCUT2D eigenvalue weighted by molar-refractivity contribution is 0.100. The van der Waals surface area contributed by atoms with Crippen LogP contribution in [0.2, 0.25) is 5.02 Å². The zero-order valence-corrected chi connectivity index (χ0v) is 11.2. The molecule has 2 aromatic carbocycles. The summed E-state index contributed by atoms with van der Waals surface area (Å²) in [4.78, 5) is 12.1. The molecular formula is C14H12ClNOS. The Kier molecular flexibility index (Phi) is 4.28. The van der Waals surface area contributed by atoms with Gasteiger partial charge in [-0.2, -0.15) is 0 Å². The minimum Gasteiger partial charge on any atom is -0.366 e. The predicted molar refractivity (Wildman–Crippen MR) is 76.0 cm³/mol. The van der Waals surface area contributed by atoms with E-state index in [1.165, 1.54) is 4.90 Å². The molecule has 4 heteroatoms. The van der Waals surface area contributed by atoms with Gasteiger partial charge in [-0.1, -0.05) is 23.7 Å². The lowest BCUT2D eigenvalue weighted by atomic mass is 10.1. The van der Waals surface area contributed by atoms with Crippen molar-refractivity contribution < 1.29 is 4.79 Å². The Morgan fingerprint density at radius 2 is 1.67 bits per heavy atom. The topological polar surface area (TPSA) is 43.1 Å². The van der Waals surface area contributed by atoms with Gasteiger partial charge in [0.15, 0.2) is 0 Å². The Labute approximate surface area is 115 Å². The number of carbonyl (C=O) groups is 1. The largest absolute Gasteiger partial charge is 0.366 e. The monoisotopic (exact) mass is 277 g/mol. The van der Waals surface area contributed by atoms with Crippen LogP contribution in [0.3, 0.4) is 0 Å². The average molecular weight is 278 g/mol. The molecule has 0 aromatic heterocycles. The highest BCUT2D eigenvalue weighted by Gasteiger charge is 2.00. The van der Waals surface area contributed by atoms with Crippen LogP contribution in [-0.2, 0) is 5.75 Å². The summed E-state index contributed by atoms with van der Waals surface area (Å²) in [5, 5.41) is 0.741. The summed E-state index contributed by atoms with van der Waals surface area (Å²) < 4.78 is 0.